The number of nitrogens with one attached hydrogen (secondary N) is 1. The molecule has 0 bridgehead atoms. The molecule has 6 heteroatoms. The fourth-order valence-electron chi connectivity index (χ4n) is 1.71. The van der Waals surface area contributed by atoms with Crippen LogP contribution in [-0.2, 0) is 11.2 Å². The highest BCUT2D eigenvalue weighted by molar-refractivity contribution is 5.89. The molecule has 0 aliphatic rings. The summed E-state index contributed by atoms with van der Waals surface area (Å²) in [5.41, 5.74) is 0.655. The first-order valence-electron chi connectivity index (χ1n) is 6.39. The maximum Gasteiger partial charge on any atom is 0.341 e. The van der Waals surface area contributed by atoms with Crippen molar-refractivity contribution >= 4 is 5.97 Å². The third kappa shape index (κ3) is 3.01. The van der Waals surface area contributed by atoms with E-state index in [1.54, 1.807) is 19.9 Å². The lowest BCUT2D eigenvalue weighted by Gasteiger charge is -2.10. The van der Waals surface area contributed by atoms with Crippen molar-refractivity contribution in [3.63, 3.8) is 0 Å². The summed E-state index contributed by atoms with van der Waals surface area (Å²) in [6.45, 7) is 5.33. The summed E-state index contributed by atoms with van der Waals surface area (Å²) in [4.78, 5) is 16.1. The van der Waals surface area contributed by atoms with E-state index in [1.807, 2.05) is 6.92 Å². The highest BCUT2D eigenvalue weighted by Gasteiger charge is 2.19. The van der Waals surface area contributed by atoms with E-state index in [-0.39, 0.29) is 5.56 Å². The lowest BCUT2D eigenvalue weighted by atomic mass is 10.1. The molecule has 0 fully saturated rings. The summed E-state index contributed by atoms with van der Waals surface area (Å²) >= 11 is 0. The van der Waals surface area contributed by atoms with Crippen molar-refractivity contribution in [3.8, 4) is 0 Å². The first-order valence-corrected chi connectivity index (χ1v) is 6.39. The van der Waals surface area contributed by atoms with Crippen LogP contribution in [0, 0.1) is 12.7 Å². The topological polar surface area (TPSA) is 67.9 Å². The molecule has 1 unspecified atom stereocenters. The molecule has 0 amide bonds. The second-order valence-corrected chi connectivity index (χ2v) is 4.52. The van der Waals surface area contributed by atoms with Crippen LogP contribution in [-0.4, -0.2) is 21.2 Å². The van der Waals surface area contributed by atoms with E-state index < -0.39 is 17.9 Å². The van der Waals surface area contributed by atoms with Gasteiger partial charge >= 0.3 is 5.97 Å². The molecule has 1 aromatic heterocycles. The maximum atomic E-state index is 13.7. The minimum absolute atomic E-state index is 0.0892. The Morgan fingerprint density at radius 1 is 1.50 bits per heavy atom. The molecule has 0 aliphatic carbocycles. The number of H-pyrrole nitrogens is 1. The monoisotopic (exact) mass is 277 g/mol. The van der Waals surface area contributed by atoms with Crippen LogP contribution >= 0.6 is 0 Å². The SMILES string of the molecule is CCc1nc(C(C)OC(=O)c2ccc(C)cc2F)n[nH]1. The number of aryl methyl sites for hydroxylation is 2. The van der Waals surface area contributed by atoms with E-state index >= 15 is 0 Å². The Kier molecular flexibility index (Phi) is 4.12. The van der Waals surface area contributed by atoms with Crippen LogP contribution in [0.5, 0.6) is 0 Å². The van der Waals surface area contributed by atoms with Crippen LogP contribution in [0.1, 0.15) is 47.5 Å². The van der Waals surface area contributed by atoms with Crippen molar-refractivity contribution in [2.75, 3.05) is 0 Å². The second kappa shape index (κ2) is 5.81. The number of esters is 1. The average molecular weight is 277 g/mol. The Morgan fingerprint density at radius 3 is 2.85 bits per heavy atom. The molecule has 1 heterocycles. The number of rotatable bonds is 4. The normalized spacial score (nSPS) is 12.2. The van der Waals surface area contributed by atoms with Crippen molar-refractivity contribution < 1.29 is 13.9 Å². The zero-order valence-corrected chi connectivity index (χ0v) is 11.6. The van der Waals surface area contributed by atoms with Gasteiger partial charge in [0.05, 0.1) is 5.56 Å². The van der Waals surface area contributed by atoms with Crippen molar-refractivity contribution in [3.05, 3.63) is 46.8 Å². The molecule has 0 saturated heterocycles. The fraction of sp³-hybridized carbons (Fsp3) is 0.357. The molecule has 0 spiro atoms. The molecule has 2 rings (SSSR count). The van der Waals surface area contributed by atoms with Crippen molar-refractivity contribution in [2.45, 2.75) is 33.3 Å². The van der Waals surface area contributed by atoms with E-state index in [4.69, 9.17) is 4.74 Å². The Labute approximate surface area is 116 Å². The third-order valence-corrected chi connectivity index (χ3v) is 2.88. The highest BCUT2D eigenvalue weighted by Crippen LogP contribution is 2.17. The van der Waals surface area contributed by atoms with E-state index in [0.29, 0.717) is 18.1 Å². The zero-order valence-electron chi connectivity index (χ0n) is 11.6. The number of ether oxygens (including phenoxy) is 1. The fourth-order valence-corrected chi connectivity index (χ4v) is 1.71. The first-order chi connectivity index (χ1) is 9.51. The predicted molar refractivity (Wildman–Crippen MR) is 70.7 cm³/mol. The number of benzene rings is 1. The van der Waals surface area contributed by atoms with Gasteiger partial charge in [0.15, 0.2) is 11.9 Å². The van der Waals surface area contributed by atoms with Crippen LogP contribution < -0.4 is 0 Å². The van der Waals surface area contributed by atoms with Crippen LogP contribution in [0.3, 0.4) is 0 Å². The summed E-state index contributed by atoms with van der Waals surface area (Å²) in [5, 5.41) is 6.70. The quantitative estimate of drug-likeness (QED) is 0.872. The second-order valence-electron chi connectivity index (χ2n) is 4.52. The van der Waals surface area contributed by atoms with Gasteiger partial charge < -0.3 is 4.74 Å². The number of aromatic nitrogens is 3. The number of hydrogen-bond acceptors (Lipinski definition) is 4. The number of halogens is 1. The molecule has 2 aromatic rings. The average Bonchev–Trinajstić information content (AvgIpc) is 2.87. The van der Waals surface area contributed by atoms with E-state index in [0.717, 1.165) is 5.56 Å². The molecule has 0 aliphatic heterocycles. The molecule has 0 saturated carbocycles. The summed E-state index contributed by atoms with van der Waals surface area (Å²) < 4.78 is 18.9. The molecule has 1 aromatic carbocycles. The lowest BCUT2D eigenvalue weighted by molar-refractivity contribution is 0.0315. The van der Waals surface area contributed by atoms with Gasteiger partial charge in [0.25, 0.3) is 0 Å². The molecular weight excluding hydrogens is 261 g/mol. The number of nitrogens with zero attached hydrogens (tertiary/aromatic N) is 2. The summed E-state index contributed by atoms with van der Waals surface area (Å²) in [5.74, 6) is -0.226. The minimum atomic E-state index is -0.724. The molecule has 0 radical (unpaired) electrons. The minimum Gasteiger partial charge on any atom is -0.451 e. The van der Waals surface area contributed by atoms with Crippen molar-refractivity contribution in [1.29, 1.82) is 0 Å². The lowest BCUT2D eigenvalue weighted by Crippen LogP contribution is -2.12. The smallest absolute Gasteiger partial charge is 0.341 e. The van der Waals surface area contributed by atoms with Gasteiger partial charge in [0, 0.05) is 6.42 Å². The van der Waals surface area contributed by atoms with Gasteiger partial charge in [-0.2, -0.15) is 5.10 Å². The zero-order chi connectivity index (χ0) is 14.7. The van der Waals surface area contributed by atoms with Crippen molar-refractivity contribution in [1.82, 2.24) is 15.2 Å². The Balaban J connectivity index is 2.10. The van der Waals surface area contributed by atoms with E-state index in [1.165, 1.54) is 12.1 Å². The van der Waals surface area contributed by atoms with Gasteiger partial charge in [0.2, 0.25) is 0 Å². The summed E-state index contributed by atoms with van der Waals surface area (Å²) in [7, 11) is 0. The van der Waals surface area contributed by atoms with E-state index in [2.05, 4.69) is 15.2 Å². The number of carbonyl (C=O) groups excluding carboxylic acids is 1. The van der Waals surface area contributed by atoms with Crippen LogP contribution in [0.4, 0.5) is 4.39 Å². The molecule has 20 heavy (non-hydrogen) atoms. The van der Waals surface area contributed by atoms with Gasteiger partial charge in [-0.15, -0.1) is 0 Å². The maximum absolute atomic E-state index is 13.7. The van der Waals surface area contributed by atoms with Gasteiger partial charge in [-0.05, 0) is 31.5 Å². The highest BCUT2D eigenvalue weighted by atomic mass is 19.1. The van der Waals surface area contributed by atoms with Gasteiger partial charge in [0.1, 0.15) is 11.6 Å². The Bertz CT molecular complexity index is 625. The number of aromatic amines is 1. The Hall–Kier alpha value is -2.24. The van der Waals surface area contributed by atoms with Crippen LogP contribution in [0.2, 0.25) is 0 Å². The van der Waals surface area contributed by atoms with Crippen LogP contribution in [0.15, 0.2) is 18.2 Å². The number of carbonyl (C=O) groups is 1. The molecule has 106 valence electrons. The van der Waals surface area contributed by atoms with Gasteiger partial charge in [-0.25, -0.2) is 14.2 Å². The van der Waals surface area contributed by atoms with Crippen LogP contribution in [0.25, 0.3) is 0 Å². The molecule has 1 atom stereocenters. The largest absolute Gasteiger partial charge is 0.451 e. The Morgan fingerprint density at radius 2 is 2.25 bits per heavy atom. The molecule has 5 nitrogen and oxygen atoms in total. The third-order valence-electron chi connectivity index (χ3n) is 2.88. The van der Waals surface area contributed by atoms with E-state index in [9.17, 15) is 9.18 Å². The van der Waals surface area contributed by atoms with Gasteiger partial charge in [-0.1, -0.05) is 13.0 Å². The molecular formula is C14H16FN3O2. The first kappa shape index (κ1) is 14.2. The standard InChI is InChI=1S/C14H16FN3O2/c1-4-12-16-13(18-17-12)9(3)20-14(19)10-6-5-8(2)7-11(10)15/h5-7,9H,4H2,1-3H3,(H,16,17,18). The summed E-state index contributed by atoms with van der Waals surface area (Å²) in [6, 6.07) is 4.37. The van der Waals surface area contributed by atoms with Crippen molar-refractivity contribution in [2.24, 2.45) is 0 Å². The van der Waals surface area contributed by atoms with Gasteiger partial charge in [-0.3, -0.25) is 5.10 Å². The summed E-state index contributed by atoms with van der Waals surface area (Å²) in [6.07, 6.45) is 0.0695. The molecule has 1 N–H and O–H groups in total. The predicted octanol–water partition coefficient (Wildman–Crippen LogP) is 2.73. The number of hydrogen-bond donors (Lipinski definition) is 1.